The molecule has 0 N–H and O–H groups in total. The van der Waals surface area contributed by atoms with E-state index in [1.54, 1.807) is 7.11 Å². The summed E-state index contributed by atoms with van der Waals surface area (Å²) in [5.41, 5.74) is 6.37. The van der Waals surface area contributed by atoms with Crippen LogP contribution in [0.15, 0.2) is 206 Å². The quantitative estimate of drug-likeness (QED) is 0.0516. The molecule has 0 amide bonds. The first-order chi connectivity index (χ1) is 38.3. The van der Waals surface area contributed by atoms with Gasteiger partial charge in [-0.15, -0.1) is 0 Å². The summed E-state index contributed by atoms with van der Waals surface area (Å²) >= 11 is 0. The van der Waals surface area contributed by atoms with Crippen molar-refractivity contribution < 1.29 is 56.8 Å². The van der Waals surface area contributed by atoms with Crippen LogP contribution in [-0.2, 0) is 96.5 Å². The van der Waals surface area contributed by atoms with E-state index in [2.05, 4.69) is 84.9 Å². The monoisotopic (exact) mass is 1060 g/mol. The maximum absolute atomic E-state index is 7.00. The van der Waals surface area contributed by atoms with Gasteiger partial charge in [-0.25, -0.2) is 0 Å². The Hall–Kier alpha value is -6.00. The Kier molecular flexibility index (Phi) is 19.7. The molecule has 6 aromatic carbocycles. The van der Waals surface area contributed by atoms with E-state index in [-0.39, 0.29) is 19.1 Å². The lowest BCUT2D eigenvalue weighted by Gasteiger charge is -2.43. The SMILES string of the molecule is CO[C@@H]1O[C@H](CCC2=C[C@@H](OCc3ccccc3)[C@H](OCc3ccccc3)[C@@H](COCc3ccccc3)O2)[C@@H]2OC(C)(C)O[C@@H]2[C@@H]1CC1=C[C@@H](OCc2ccccc2)[C@H](OCc2ccccc2)[C@@H](COCc2ccccc2)O1. The largest absolute Gasteiger partial charge is 0.490 e. The van der Waals surface area contributed by atoms with Gasteiger partial charge in [0.25, 0.3) is 0 Å². The molecule has 2 saturated heterocycles. The number of fused-ring (bicyclic) bond motifs is 1. The van der Waals surface area contributed by atoms with E-state index in [9.17, 15) is 0 Å². The summed E-state index contributed by atoms with van der Waals surface area (Å²) in [7, 11) is 1.68. The van der Waals surface area contributed by atoms with Gasteiger partial charge in [-0.05, 0) is 65.8 Å². The fraction of sp³-hybridized carbons (Fsp3) is 0.394. The molecule has 4 aliphatic rings. The van der Waals surface area contributed by atoms with Crippen LogP contribution in [0.3, 0.4) is 0 Å². The van der Waals surface area contributed by atoms with Crippen LogP contribution in [0, 0.1) is 5.92 Å². The molecule has 0 unspecified atom stereocenters. The molecule has 12 nitrogen and oxygen atoms in total. The molecule has 2 fully saturated rings. The second-order valence-corrected chi connectivity index (χ2v) is 20.9. The third-order valence-corrected chi connectivity index (χ3v) is 14.6. The zero-order chi connectivity index (χ0) is 53.4. The maximum Gasteiger partial charge on any atom is 0.163 e. The van der Waals surface area contributed by atoms with E-state index in [4.69, 9.17) is 56.8 Å². The van der Waals surface area contributed by atoms with Crippen LogP contribution in [-0.4, -0.2) is 87.3 Å². The van der Waals surface area contributed by atoms with Gasteiger partial charge in [0.05, 0.1) is 76.6 Å². The molecule has 4 aliphatic heterocycles. The summed E-state index contributed by atoms with van der Waals surface area (Å²) in [4.78, 5) is 0. The van der Waals surface area contributed by atoms with Gasteiger partial charge >= 0.3 is 0 Å². The molecule has 0 spiro atoms. The fourth-order valence-electron chi connectivity index (χ4n) is 10.7. The molecule has 0 saturated carbocycles. The number of rotatable bonds is 26. The lowest BCUT2D eigenvalue weighted by Crippen LogP contribution is -2.54. The van der Waals surface area contributed by atoms with Crippen molar-refractivity contribution in [1.82, 2.24) is 0 Å². The van der Waals surface area contributed by atoms with E-state index in [1.807, 2.05) is 123 Å². The van der Waals surface area contributed by atoms with Crippen molar-refractivity contribution in [3.8, 4) is 0 Å². The maximum atomic E-state index is 7.00. The second kappa shape index (κ2) is 27.7. The molecule has 12 heteroatoms. The molecule has 0 aromatic heterocycles. The van der Waals surface area contributed by atoms with Crippen LogP contribution in [0.1, 0.15) is 66.5 Å². The lowest BCUT2D eigenvalue weighted by molar-refractivity contribution is -0.254. The highest BCUT2D eigenvalue weighted by atomic mass is 16.8. The van der Waals surface area contributed by atoms with Gasteiger partial charge in [-0.2, -0.15) is 0 Å². The van der Waals surface area contributed by atoms with Crippen molar-refractivity contribution in [3.63, 3.8) is 0 Å². The molecule has 10 rings (SSSR count). The van der Waals surface area contributed by atoms with E-state index in [0.29, 0.717) is 64.7 Å². The van der Waals surface area contributed by atoms with Crippen LogP contribution in [0.2, 0.25) is 0 Å². The molecule has 0 aliphatic carbocycles. The Labute approximate surface area is 460 Å². The number of benzene rings is 6. The standard InChI is InChI=1S/C66H74O12/c1-66(2)77-61-55(36-54-38-58(71-42-50-28-16-7-17-29-50)63(73-44-52-32-20-9-21-33-52)60(75-54)46-69-40-48-24-12-5-13-25-48)65(67-3)76-56(64(61)78-66)35-34-53-37-57(70-41-49-26-14-6-15-27-49)62(72-43-51-30-18-8-19-31-51)59(74-53)45-68-39-47-22-10-4-11-23-47/h4-33,37-38,55-65H,34-36,39-46H2,1-3H3/t55-,56+,57+,58+,59+,60+,61+,62-,63-,64-,65+/m0/s1. The zero-order valence-electron chi connectivity index (χ0n) is 45.0. The van der Waals surface area contributed by atoms with Crippen LogP contribution < -0.4 is 0 Å². The molecular weight excluding hydrogens is 985 g/mol. The third-order valence-electron chi connectivity index (χ3n) is 14.6. The minimum absolute atomic E-state index is 0.266. The first-order valence-corrected chi connectivity index (χ1v) is 27.5. The Balaban J connectivity index is 0.882. The molecule has 410 valence electrons. The van der Waals surface area contributed by atoms with E-state index in [0.717, 1.165) is 39.1 Å². The first kappa shape index (κ1) is 55.3. The number of allylic oxidation sites excluding steroid dienone is 2. The minimum atomic E-state index is -0.896. The minimum Gasteiger partial charge on any atom is -0.490 e. The molecule has 0 bridgehead atoms. The fourth-order valence-corrected chi connectivity index (χ4v) is 10.7. The average Bonchev–Trinajstić information content (AvgIpc) is 3.96. The summed E-state index contributed by atoms with van der Waals surface area (Å²) in [5, 5.41) is 0. The molecule has 4 heterocycles. The van der Waals surface area contributed by atoms with Gasteiger partial charge < -0.3 is 56.8 Å². The highest BCUT2D eigenvalue weighted by Crippen LogP contribution is 2.45. The highest BCUT2D eigenvalue weighted by molar-refractivity contribution is 5.20. The second-order valence-electron chi connectivity index (χ2n) is 20.9. The van der Waals surface area contributed by atoms with Crippen LogP contribution in [0.4, 0.5) is 0 Å². The Bertz CT molecular complexity index is 2750. The zero-order valence-corrected chi connectivity index (χ0v) is 45.0. The van der Waals surface area contributed by atoms with Crippen molar-refractivity contribution in [2.24, 2.45) is 5.92 Å². The van der Waals surface area contributed by atoms with E-state index >= 15 is 0 Å². The van der Waals surface area contributed by atoms with Crippen molar-refractivity contribution in [2.75, 3.05) is 20.3 Å². The normalized spacial score (nSPS) is 26.5. The van der Waals surface area contributed by atoms with Crippen LogP contribution in [0.25, 0.3) is 0 Å². The summed E-state index contributed by atoms with van der Waals surface area (Å²) in [6.07, 6.45) is 0.843. The van der Waals surface area contributed by atoms with Crippen LogP contribution in [0.5, 0.6) is 0 Å². The number of hydrogen-bond donors (Lipinski definition) is 0. The van der Waals surface area contributed by atoms with Crippen molar-refractivity contribution in [1.29, 1.82) is 0 Å². The van der Waals surface area contributed by atoms with Gasteiger partial charge in [0.15, 0.2) is 24.3 Å². The van der Waals surface area contributed by atoms with Crippen LogP contribution >= 0.6 is 0 Å². The van der Waals surface area contributed by atoms with Gasteiger partial charge in [-0.1, -0.05) is 182 Å². The number of methoxy groups -OCH3 is 1. The van der Waals surface area contributed by atoms with Gasteiger partial charge in [0.2, 0.25) is 0 Å². The van der Waals surface area contributed by atoms with Gasteiger partial charge in [0, 0.05) is 25.9 Å². The van der Waals surface area contributed by atoms with Gasteiger partial charge in [0.1, 0.15) is 30.5 Å². The predicted molar refractivity (Wildman–Crippen MR) is 295 cm³/mol. The van der Waals surface area contributed by atoms with Crippen molar-refractivity contribution in [3.05, 3.63) is 239 Å². The van der Waals surface area contributed by atoms with E-state index < -0.39 is 67.0 Å². The molecule has 11 atom stereocenters. The third kappa shape index (κ3) is 15.4. The highest BCUT2D eigenvalue weighted by Gasteiger charge is 2.56. The summed E-state index contributed by atoms with van der Waals surface area (Å²) in [5.74, 6) is 0.268. The summed E-state index contributed by atoms with van der Waals surface area (Å²) in [6, 6.07) is 61.0. The topological polar surface area (TPSA) is 111 Å². The Morgan fingerprint density at radius 3 is 1.22 bits per heavy atom. The molecule has 78 heavy (non-hydrogen) atoms. The smallest absolute Gasteiger partial charge is 0.163 e. The first-order valence-electron chi connectivity index (χ1n) is 27.5. The molecule has 6 aromatic rings. The average molecular weight is 1060 g/mol. The Morgan fingerprint density at radius 1 is 0.423 bits per heavy atom. The predicted octanol–water partition coefficient (Wildman–Crippen LogP) is 12.0. The van der Waals surface area contributed by atoms with E-state index in [1.165, 1.54) is 0 Å². The molecular formula is C66H74O12. The summed E-state index contributed by atoms with van der Waals surface area (Å²) < 4.78 is 80.7. The summed E-state index contributed by atoms with van der Waals surface area (Å²) in [6.45, 7) is 6.86. The van der Waals surface area contributed by atoms with Crippen molar-refractivity contribution in [2.45, 2.75) is 140 Å². The number of ether oxygens (including phenoxy) is 12. The van der Waals surface area contributed by atoms with Crippen molar-refractivity contribution >= 4 is 0 Å². The number of hydrogen-bond acceptors (Lipinski definition) is 12. The lowest BCUT2D eigenvalue weighted by atomic mass is 9.85. The molecule has 0 radical (unpaired) electrons. The Morgan fingerprint density at radius 2 is 0.795 bits per heavy atom. The van der Waals surface area contributed by atoms with Gasteiger partial charge in [-0.3, -0.25) is 0 Å².